The smallest absolute Gasteiger partial charge is 0.317 e. The van der Waals surface area contributed by atoms with Gasteiger partial charge in [-0.05, 0) is 36.5 Å². The second-order valence-corrected chi connectivity index (χ2v) is 5.33. The molecule has 2 amide bonds. The number of hydrogen-bond donors (Lipinski definition) is 1. The molecule has 0 aliphatic carbocycles. The van der Waals surface area contributed by atoms with Crippen LogP contribution in [-0.2, 0) is 6.54 Å². The Morgan fingerprint density at radius 2 is 2.40 bits per heavy atom. The van der Waals surface area contributed by atoms with E-state index in [-0.39, 0.29) is 6.03 Å². The molecule has 0 aromatic heterocycles. The van der Waals surface area contributed by atoms with Crippen molar-refractivity contribution in [3.8, 4) is 6.07 Å². The lowest BCUT2D eigenvalue weighted by Crippen LogP contribution is -2.45. The summed E-state index contributed by atoms with van der Waals surface area (Å²) in [7, 11) is 0. The third-order valence-corrected chi connectivity index (χ3v) is 3.88. The average Bonchev–Trinajstić information content (AvgIpc) is 2.52. The molecule has 4 heteroatoms. The van der Waals surface area contributed by atoms with Crippen molar-refractivity contribution in [3.05, 3.63) is 35.4 Å². The minimum Gasteiger partial charge on any atom is -0.334 e. The van der Waals surface area contributed by atoms with E-state index in [9.17, 15) is 4.79 Å². The van der Waals surface area contributed by atoms with E-state index in [2.05, 4.69) is 18.3 Å². The first-order valence-electron chi connectivity index (χ1n) is 7.24. The van der Waals surface area contributed by atoms with Crippen molar-refractivity contribution in [2.24, 2.45) is 5.92 Å². The van der Waals surface area contributed by atoms with E-state index < -0.39 is 0 Å². The summed E-state index contributed by atoms with van der Waals surface area (Å²) in [4.78, 5) is 14.0. The maximum atomic E-state index is 12.1. The van der Waals surface area contributed by atoms with E-state index in [0.29, 0.717) is 18.0 Å². The number of nitrogens with one attached hydrogen (secondary N) is 1. The van der Waals surface area contributed by atoms with Gasteiger partial charge in [0.1, 0.15) is 0 Å². The van der Waals surface area contributed by atoms with Crippen LogP contribution in [0, 0.1) is 17.2 Å². The first-order valence-corrected chi connectivity index (χ1v) is 7.24. The van der Waals surface area contributed by atoms with Gasteiger partial charge < -0.3 is 10.2 Å². The molecule has 0 radical (unpaired) electrons. The third kappa shape index (κ3) is 3.74. The van der Waals surface area contributed by atoms with Crippen LogP contribution in [0.5, 0.6) is 0 Å². The van der Waals surface area contributed by atoms with Crippen LogP contribution in [0.25, 0.3) is 0 Å². The quantitative estimate of drug-likeness (QED) is 0.919. The van der Waals surface area contributed by atoms with Crippen LogP contribution in [0.4, 0.5) is 4.79 Å². The molecule has 106 valence electrons. The molecule has 0 saturated carbocycles. The Kier molecular flexibility index (Phi) is 5.00. The Morgan fingerprint density at radius 3 is 3.15 bits per heavy atom. The predicted octanol–water partition coefficient (Wildman–Crippen LogP) is 2.89. The summed E-state index contributed by atoms with van der Waals surface area (Å²) < 4.78 is 0. The zero-order valence-corrected chi connectivity index (χ0v) is 11.9. The molecule has 1 aromatic rings. The van der Waals surface area contributed by atoms with Gasteiger partial charge in [0.05, 0.1) is 11.6 Å². The number of carbonyl (C=O) groups excluding carboxylic acids is 1. The van der Waals surface area contributed by atoms with Crippen molar-refractivity contribution in [1.29, 1.82) is 5.26 Å². The van der Waals surface area contributed by atoms with Gasteiger partial charge in [-0.1, -0.05) is 25.5 Å². The van der Waals surface area contributed by atoms with Crippen molar-refractivity contribution >= 4 is 6.03 Å². The monoisotopic (exact) mass is 271 g/mol. The summed E-state index contributed by atoms with van der Waals surface area (Å²) in [6.45, 7) is 4.36. The van der Waals surface area contributed by atoms with Gasteiger partial charge in [-0.2, -0.15) is 5.26 Å². The van der Waals surface area contributed by atoms with Crippen molar-refractivity contribution in [2.45, 2.75) is 32.7 Å². The number of hydrogen-bond acceptors (Lipinski definition) is 2. The number of benzene rings is 1. The molecule has 4 nitrogen and oxygen atoms in total. The van der Waals surface area contributed by atoms with Gasteiger partial charge in [0.25, 0.3) is 0 Å². The zero-order valence-electron chi connectivity index (χ0n) is 11.9. The minimum atomic E-state index is 0.00510. The van der Waals surface area contributed by atoms with Crippen LogP contribution in [0.2, 0.25) is 0 Å². The van der Waals surface area contributed by atoms with E-state index >= 15 is 0 Å². The summed E-state index contributed by atoms with van der Waals surface area (Å²) in [6, 6.07) is 9.45. The number of rotatable bonds is 3. The van der Waals surface area contributed by atoms with Crippen LogP contribution < -0.4 is 5.32 Å². The molecule has 1 fully saturated rings. The molecule has 1 aliphatic heterocycles. The molecule has 1 aromatic carbocycles. The Balaban J connectivity index is 1.87. The fourth-order valence-corrected chi connectivity index (χ4v) is 2.62. The summed E-state index contributed by atoms with van der Waals surface area (Å²) in [5, 5.41) is 11.8. The Bertz CT molecular complexity index is 507. The zero-order chi connectivity index (χ0) is 14.4. The fourth-order valence-electron chi connectivity index (χ4n) is 2.62. The first-order chi connectivity index (χ1) is 9.72. The average molecular weight is 271 g/mol. The van der Waals surface area contributed by atoms with Gasteiger partial charge in [0.2, 0.25) is 0 Å². The summed E-state index contributed by atoms with van der Waals surface area (Å²) in [6.07, 6.45) is 3.45. The molecular formula is C16H21N3O. The molecule has 1 unspecified atom stereocenters. The van der Waals surface area contributed by atoms with E-state index in [4.69, 9.17) is 5.26 Å². The SMILES string of the molecule is CCC1CCCN(C(=O)NCc2cccc(C#N)c2)C1. The molecule has 1 aliphatic rings. The highest BCUT2D eigenvalue weighted by atomic mass is 16.2. The molecule has 0 bridgehead atoms. The molecule has 20 heavy (non-hydrogen) atoms. The van der Waals surface area contributed by atoms with Crippen LogP contribution in [0.15, 0.2) is 24.3 Å². The van der Waals surface area contributed by atoms with Crippen LogP contribution in [0.1, 0.15) is 37.3 Å². The lowest BCUT2D eigenvalue weighted by atomic mass is 9.96. The van der Waals surface area contributed by atoms with Crippen molar-refractivity contribution in [2.75, 3.05) is 13.1 Å². The lowest BCUT2D eigenvalue weighted by molar-refractivity contribution is 0.163. The van der Waals surface area contributed by atoms with Gasteiger partial charge in [0, 0.05) is 19.6 Å². The Morgan fingerprint density at radius 1 is 1.55 bits per heavy atom. The summed E-state index contributed by atoms with van der Waals surface area (Å²) in [5.41, 5.74) is 1.59. The number of urea groups is 1. The predicted molar refractivity (Wildman–Crippen MR) is 78.0 cm³/mol. The topological polar surface area (TPSA) is 56.1 Å². The summed E-state index contributed by atoms with van der Waals surface area (Å²) >= 11 is 0. The number of carbonyl (C=O) groups is 1. The highest BCUT2D eigenvalue weighted by Gasteiger charge is 2.22. The van der Waals surface area contributed by atoms with Crippen LogP contribution in [0.3, 0.4) is 0 Å². The summed E-state index contributed by atoms with van der Waals surface area (Å²) in [5.74, 6) is 0.636. The van der Waals surface area contributed by atoms with Gasteiger partial charge in [-0.15, -0.1) is 0 Å². The third-order valence-electron chi connectivity index (χ3n) is 3.88. The molecule has 1 atom stereocenters. The molecule has 2 rings (SSSR count). The van der Waals surface area contributed by atoms with Gasteiger partial charge >= 0.3 is 6.03 Å². The van der Waals surface area contributed by atoms with Gasteiger partial charge in [-0.3, -0.25) is 0 Å². The van der Waals surface area contributed by atoms with Crippen molar-refractivity contribution < 1.29 is 4.79 Å². The molecular weight excluding hydrogens is 250 g/mol. The maximum absolute atomic E-state index is 12.1. The van der Waals surface area contributed by atoms with Gasteiger partial charge in [-0.25, -0.2) is 4.79 Å². The molecule has 1 heterocycles. The lowest BCUT2D eigenvalue weighted by Gasteiger charge is -2.32. The number of nitrogens with zero attached hydrogens (tertiary/aromatic N) is 2. The number of amides is 2. The Labute approximate surface area is 120 Å². The maximum Gasteiger partial charge on any atom is 0.317 e. The number of piperidine rings is 1. The fraction of sp³-hybridized carbons (Fsp3) is 0.500. The van der Waals surface area contributed by atoms with Gasteiger partial charge in [0.15, 0.2) is 0 Å². The normalized spacial score (nSPS) is 18.4. The Hall–Kier alpha value is -2.02. The van der Waals surface area contributed by atoms with Crippen molar-refractivity contribution in [3.63, 3.8) is 0 Å². The van der Waals surface area contributed by atoms with Crippen LogP contribution >= 0.6 is 0 Å². The highest BCUT2D eigenvalue weighted by Crippen LogP contribution is 2.19. The largest absolute Gasteiger partial charge is 0.334 e. The van der Waals surface area contributed by atoms with E-state index in [1.165, 1.54) is 6.42 Å². The van der Waals surface area contributed by atoms with Crippen LogP contribution in [-0.4, -0.2) is 24.0 Å². The number of nitriles is 1. The van der Waals surface area contributed by atoms with E-state index in [1.54, 1.807) is 6.07 Å². The number of likely N-dealkylation sites (tertiary alicyclic amines) is 1. The molecule has 0 spiro atoms. The second kappa shape index (κ2) is 6.95. The van der Waals surface area contributed by atoms with E-state index in [0.717, 1.165) is 31.5 Å². The first kappa shape index (κ1) is 14.4. The minimum absolute atomic E-state index is 0.00510. The standard InChI is InChI=1S/C16H21N3O/c1-2-13-7-4-8-19(12-13)16(20)18-11-15-6-3-5-14(9-15)10-17/h3,5-6,9,13H,2,4,7-8,11-12H2,1H3,(H,18,20). The highest BCUT2D eigenvalue weighted by molar-refractivity contribution is 5.74. The molecule has 1 saturated heterocycles. The molecule has 1 N–H and O–H groups in total. The van der Waals surface area contributed by atoms with E-state index in [1.807, 2.05) is 23.1 Å². The van der Waals surface area contributed by atoms with Crippen molar-refractivity contribution in [1.82, 2.24) is 10.2 Å². The second-order valence-electron chi connectivity index (χ2n) is 5.33.